The van der Waals surface area contributed by atoms with Crippen molar-refractivity contribution in [2.75, 3.05) is 6.54 Å². The quantitative estimate of drug-likeness (QED) is 0.793. The van der Waals surface area contributed by atoms with E-state index < -0.39 is 33.0 Å². The number of sulfonamides is 1. The van der Waals surface area contributed by atoms with Crippen LogP contribution in [0.15, 0.2) is 18.2 Å². The first-order valence-corrected chi connectivity index (χ1v) is 7.83. The second kappa shape index (κ2) is 4.72. The number of carbonyl (C=O) groups is 2. The van der Waals surface area contributed by atoms with Gasteiger partial charge in [0.2, 0.25) is 0 Å². The molecule has 1 heterocycles. The Morgan fingerprint density at radius 2 is 1.90 bits per heavy atom. The van der Waals surface area contributed by atoms with E-state index in [2.05, 4.69) is 0 Å². The SMILES string of the molecule is CC1(C)C(=O)N(CC(=O)c2cc(Cl)ccc2Cl)S1(=O)=O. The van der Waals surface area contributed by atoms with Gasteiger partial charge in [0.25, 0.3) is 15.9 Å². The normalized spacial score (nSPS) is 19.6. The van der Waals surface area contributed by atoms with Gasteiger partial charge in [-0.05, 0) is 32.0 Å². The third kappa shape index (κ3) is 2.12. The number of benzene rings is 1. The molecule has 8 heteroatoms. The third-order valence-electron chi connectivity index (χ3n) is 3.19. The lowest BCUT2D eigenvalue weighted by atomic mass is 10.1. The molecule has 0 atom stereocenters. The summed E-state index contributed by atoms with van der Waals surface area (Å²) >= 11 is 11.6. The van der Waals surface area contributed by atoms with Crippen molar-refractivity contribution in [3.05, 3.63) is 33.8 Å². The predicted molar refractivity (Wildman–Crippen MR) is 75.5 cm³/mol. The van der Waals surface area contributed by atoms with Crippen LogP contribution in [0.1, 0.15) is 24.2 Å². The van der Waals surface area contributed by atoms with Gasteiger partial charge < -0.3 is 0 Å². The third-order valence-corrected chi connectivity index (χ3v) is 6.10. The van der Waals surface area contributed by atoms with Gasteiger partial charge in [0, 0.05) is 10.6 Å². The molecule has 1 aliphatic heterocycles. The maximum absolute atomic E-state index is 12.1. The molecule has 0 aromatic heterocycles. The first-order valence-electron chi connectivity index (χ1n) is 5.64. The van der Waals surface area contributed by atoms with Crippen molar-refractivity contribution in [1.29, 1.82) is 0 Å². The van der Waals surface area contributed by atoms with E-state index in [0.717, 1.165) is 0 Å². The Hall–Kier alpha value is -1.11. The molecule has 0 bridgehead atoms. The standard InChI is InChI=1S/C12H11Cl2NO4S/c1-12(2)11(17)15(20(12,18)19)6-10(16)8-5-7(13)3-4-9(8)14/h3-5H,6H2,1-2H3. The lowest BCUT2D eigenvalue weighted by Gasteiger charge is -2.42. The van der Waals surface area contributed by atoms with E-state index in [4.69, 9.17) is 23.2 Å². The zero-order chi connectivity index (χ0) is 15.3. The van der Waals surface area contributed by atoms with Gasteiger partial charge >= 0.3 is 0 Å². The summed E-state index contributed by atoms with van der Waals surface area (Å²) in [4.78, 5) is 23.8. The van der Waals surface area contributed by atoms with Crippen LogP contribution in [0.5, 0.6) is 0 Å². The summed E-state index contributed by atoms with van der Waals surface area (Å²) in [7, 11) is -3.79. The Bertz CT molecular complexity index is 712. The van der Waals surface area contributed by atoms with E-state index in [1.807, 2.05) is 0 Å². The van der Waals surface area contributed by atoms with Gasteiger partial charge in [-0.3, -0.25) is 9.59 Å². The molecule has 1 fully saturated rings. The number of nitrogens with zero attached hydrogens (tertiary/aromatic N) is 1. The molecule has 0 radical (unpaired) electrons. The first kappa shape index (κ1) is 15.3. The summed E-state index contributed by atoms with van der Waals surface area (Å²) < 4.78 is 22.9. The smallest absolute Gasteiger partial charge is 0.259 e. The van der Waals surface area contributed by atoms with E-state index in [0.29, 0.717) is 9.33 Å². The topological polar surface area (TPSA) is 71.5 Å². The maximum atomic E-state index is 12.1. The van der Waals surface area contributed by atoms with Crippen molar-refractivity contribution in [2.24, 2.45) is 0 Å². The van der Waals surface area contributed by atoms with E-state index in [9.17, 15) is 18.0 Å². The fourth-order valence-corrected chi connectivity index (χ4v) is 3.72. The highest BCUT2D eigenvalue weighted by Gasteiger charge is 2.60. The molecule has 0 spiro atoms. The highest BCUT2D eigenvalue weighted by Crippen LogP contribution is 2.35. The van der Waals surface area contributed by atoms with Gasteiger partial charge in [-0.15, -0.1) is 0 Å². The molecule has 20 heavy (non-hydrogen) atoms. The van der Waals surface area contributed by atoms with Gasteiger partial charge in [0.1, 0.15) is 6.54 Å². The van der Waals surface area contributed by atoms with Gasteiger partial charge in [-0.25, -0.2) is 12.7 Å². The number of hydrogen-bond donors (Lipinski definition) is 0. The number of amides is 1. The van der Waals surface area contributed by atoms with Crippen LogP contribution in [0.3, 0.4) is 0 Å². The van der Waals surface area contributed by atoms with Gasteiger partial charge in [-0.2, -0.15) is 0 Å². The lowest BCUT2D eigenvalue weighted by Crippen LogP contribution is -2.68. The van der Waals surface area contributed by atoms with Crippen LogP contribution in [0, 0.1) is 0 Å². The molecule has 1 amide bonds. The number of ketones is 1. The van der Waals surface area contributed by atoms with Crippen molar-refractivity contribution >= 4 is 44.9 Å². The lowest BCUT2D eigenvalue weighted by molar-refractivity contribution is -0.131. The molecular formula is C12H11Cl2NO4S. The maximum Gasteiger partial charge on any atom is 0.259 e. The molecule has 1 aromatic rings. The monoisotopic (exact) mass is 335 g/mol. The van der Waals surface area contributed by atoms with E-state index in [-0.39, 0.29) is 10.6 Å². The molecule has 0 aliphatic carbocycles. The van der Waals surface area contributed by atoms with Gasteiger partial charge in [0.05, 0.1) is 5.02 Å². The minimum Gasteiger partial charge on any atom is -0.292 e. The van der Waals surface area contributed by atoms with E-state index in [1.54, 1.807) is 0 Å². The van der Waals surface area contributed by atoms with Crippen LogP contribution >= 0.6 is 23.2 Å². The average molecular weight is 336 g/mol. The van der Waals surface area contributed by atoms with Crippen molar-refractivity contribution in [1.82, 2.24) is 4.31 Å². The second-order valence-electron chi connectivity index (χ2n) is 4.87. The molecule has 0 saturated carbocycles. The number of halogens is 2. The number of hydrogen-bond acceptors (Lipinski definition) is 4. The minimum absolute atomic E-state index is 0.0897. The number of rotatable bonds is 3. The Morgan fingerprint density at radius 1 is 1.30 bits per heavy atom. The number of carbonyl (C=O) groups excluding carboxylic acids is 2. The van der Waals surface area contributed by atoms with Crippen LogP contribution in [0.4, 0.5) is 0 Å². The fraction of sp³-hybridized carbons (Fsp3) is 0.333. The van der Waals surface area contributed by atoms with Crippen LogP contribution in [-0.2, 0) is 14.8 Å². The average Bonchev–Trinajstić information content (AvgIpc) is 2.37. The molecule has 5 nitrogen and oxygen atoms in total. The fourth-order valence-electron chi connectivity index (χ4n) is 1.84. The molecule has 1 aromatic carbocycles. The summed E-state index contributed by atoms with van der Waals surface area (Å²) in [5.41, 5.74) is 0.0897. The summed E-state index contributed by atoms with van der Waals surface area (Å²) in [6, 6.07) is 4.29. The Balaban J connectivity index is 2.26. The molecule has 0 unspecified atom stereocenters. The van der Waals surface area contributed by atoms with Crippen molar-refractivity contribution in [2.45, 2.75) is 18.6 Å². The highest BCUT2D eigenvalue weighted by molar-refractivity contribution is 7.94. The zero-order valence-electron chi connectivity index (χ0n) is 10.7. The molecule has 108 valence electrons. The highest BCUT2D eigenvalue weighted by atomic mass is 35.5. The predicted octanol–water partition coefficient (Wildman–Crippen LogP) is 2.13. The van der Waals surface area contributed by atoms with E-state index in [1.165, 1.54) is 32.0 Å². The molecule has 2 rings (SSSR count). The van der Waals surface area contributed by atoms with Crippen LogP contribution < -0.4 is 0 Å². The Kier molecular flexibility index (Phi) is 3.60. The van der Waals surface area contributed by atoms with Crippen LogP contribution in [0.2, 0.25) is 10.0 Å². The zero-order valence-corrected chi connectivity index (χ0v) is 13.0. The molecule has 1 saturated heterocycles. The van der Waals surface area contributed by atoms with Crippen LogP contribution in [-0.4, -0.2) is 35.7 Å². The Morgan fingerprint density at radius 3 is 2.45 bits per heavy atom. The van der Waals surface area contributed by atoms with Gasteiger partial charge in [0.15, 0.2) is 10.5 Å². The molecule has 0 N–H and O–H groups in total. The molecular weight excluding hydrogens is 325 g/mol. The summed E-state index contributed by atoms with van der Waals surface area (Å²) in [5, 5.41) is 0.458. The number of Topliss-reactive ketones (excluding diaryl/α,β-unsaturated/α-hetero) is 1. The van der Waals surface area contributed by atoms with Crippen molar-refractivity contribution < 1.29 is 18.0 Å². The van der Waals surface area contributed by atoms with Gasteiger partial charge in [-0.1, -0.05) is 23.2 Å². The first-order chi connectivity index (χ1) is 9.09. The van der Waals surface area contributed by atoms with Crippen molar-refractivity contribution in [3.8, 4) is 0 Å². The van der Waals surface area contributed by atoms with Crippen molar-refractivity contribution in [3.63, 3.8) is 0 Å². The molecule has 1 aliphatic rings. The Labute approximate surface area is 126 Å². The second-order valence-corrected chi connectivity index (χ2v) is 8.13. The minimum atomic E-state index is -3.79. The largest absolute Gasteiger partial charge is 0.292 e. The van der Waals surface area contributed by atoms with Crippen LogP contribution in [0.25, 0.3) is 0 Å². The summed E-state index contributed by atoms with van der Waals surface area (Å²) in [6.07, 6.45) is 0. The summed E-state index contributed by atoms with van der Waals surface area (Å²) in [5.74, 6) is -1.19. The summed E-state index contributed by atoms with van der Waals surface area (Å²) in [6.45, 7) is 2.04. The van der Waals surface area contributed by atoms with E-state index >= 15 is 0 Å².